The van der Waals surface area contributed by atoms with Crippen LogP contribution in [0, 0.1) is 0 Å². The van der Waals surface area contributed by atoms with Crippen LogP contribution < -0.4 is 14.6 Å². The van der Waals surface area contributed by atoms with Crippen LogP contribution in [-0.2, 0) is 6.42 Å². The van der Waals surface area contributed by atoms with E-state index in [2.05, 4.69) is 93.5 Å². The second-order valence-corrected chi connectivity index (χ2v) is 13.4. The minimum atomic E-state index is -1.78. The molecule has 0 amide bonds. The molecule has 1 aliphatic heterocycles. The lowest BCUT2D eigenvalue weighted by molar-refractivity contribution is 0.492. The van der Waals surface area contributed by atoms with Crippen molar-refractivity contribution in [2.24, 2.45) is 0 Å². The van der Waals surface area contributed by atoms with Crippen LogP contribution in [0.25, 0.3) is 0 Å². The van der Waals surface area contributed by atoms with E-state index in [0.29, 0.717) is 0 Å². The second-order valence-electron chi connectivity index (χ2n) is 8.68. The van der Waals surface area contributed by atoms with Gasteiger partial charge in [-0.3, -0.25) is 0 Å². The molecule has 0 aliphatic carbocycles. The second kappa shape index (κ2) is 6.99. The highest BCUT2D eigenvalue weighted by atomic mass is 28.4. The summed E-state index contributed by atoms with van der Waals surface area (Å²) in [5.74, 6) is 0.967. The first-order valence-corrected chi connectivity index (χ1v) is 12.5. The SMILES string of the molecule is CCN1CCc2cc(Nc3ccc(O[Si](C)(C)C(C)(C)C)cc3)ccc21. The molecule has 0 fully saturated rings. The monoisotopic (exact) mass is 368 g/mol. The summed E-state index contributed by atoms with van der Waals surface area (Å²) in [6, 6.07) is 15.1. The Morgan fingerprint density at radius 1 is 1.04 bits per heavy atom. The zero-order chi connectivity index (χ0) is 18.9. The molecule has 0 radical (unpaired) electrons. The minimum absolute atomic E-state index is 0.209. The van der Waals surface area contributed by atoms with Gasteiger partial charge in [0, 0.05) is 30.2 Å². The standard InChI is InChI=1S/C22H32N2OSi/c1-7-24-15-14-17-16-19(10-13-21(17)24)23-18-8-11-20(12-9-18)25-26(5,6)22(2,3)4/h8-13,16,23H,7,14-15H2,1-6H3. The Morgan fingerprint density at radius 3 is 2.31 bits per heavy atom. The molecular formula is C22H32N2OSi. The Kier molecular flexibility index (Phi) is 5.06. The van der Waals surface area contributed by atoms with Crippen molar-refractivity contribution in [1.29, 1.82) is 0 Å². The average Bonchev–Trinajstić information content (AvgIpc) is 2.97. The van der Waals surface area contributed by atoms with Gasteiger partial charge in [0.15, 0.2) is 0 Å². The molecule has 0 saturated heterocycles. The van der Waals surface area contributed by atoms with Crippen LogP contribution in [0.3, 0.4) is 0 Å². The third kappa shape index (κ3) is 3.90. The smallest absolute Gasteiger partial charge is 0.250 e. The third-order valence-corrected chi connectivity index (χ3v) is 10.1. The molecule has 2 aromatic carbocycles. The predicted molar refractivity (Wildman–Crippen MR) is 116 cm³/mol. The summed E-state index contributed by atoms with van der Waals surface area (Å²) in [6.07, 6.45) is 1.14. The lowest BCUT2D eigenvalue weighted by Crippen LogP contribution is -2.43. The van der Waals surface area contributed by atoms with Gasteiger partial charge in [-0.1, -0.05) is 20.8 Å². The molecule has 0 aromatic heterocycles. The fourth-order valence-corrected chi connectivity index (χ4v) is 4.13. The molecule has 0 saturated carbocycles. The van der Waals surface area contributed by atoms with Crippen LogP contribution in [0.2, 0.25) is 18.1 Å². The van der Waals surface area contributed by atoms with Crippen molar-refractivity contribution in [3.05, 3.63) is 48.0 Å². The number of nitrogens with zero attached hydrogens (tertiary/aromatic N) is 1. The Balaban J connectivity index is 1.69. The molecule has 0 bridgehead atoms. The maximum Gasteiger partial charge on any atom is 0.250 e. The highest BCUT2D eigenvalue weighted by molar-refractivity contribution is 6.74. The summed E-state index contributed by atoms with van der Waals surface area (Å²) in [5, 5.41) is 3.73. The molecule has 3 nitrogen and oxygen atoms in total. The molecule has 3 rings (SSSR count). The van der Waals surface area contributed by atoms with Crippen molar-refractivity contribution in [3.63, 3.8) is 0 Å². The van der Waals surface area contributed by atoms with Crippen molar-refractivity contribution < 1.29 is 4.43 Å². The number of benzene rings is 2. The average molecular weight is 369 g/mol. The quantitative estimate of drug-likeness (QED) is 0.636. The van der Waals surface area contributed by atoms with Crippen LogP contribution in [0.4, 0.5) is 17.1 Å². The Hall–Kier alpha value is -1.94. The van der Waals surface area contributed by atoms with Gasteiger partial charge in [-0.2, -0.15) is 0 Å². The van der Waals surface area contributed by atoms with E-state index in [1.807, 2.05) is 0 Å². The summed E-state index contributed by atoms with van der Waals surface area (Å²) in [5.41, 5.74) is 5.07. The Bertz CT molecular complexity index is 763. The molecule has 0 atom stereocenters. The van der Waals surface area contributed by atoms with Crippen molar-refractivity contribution in [2.45, 2.75) is 52.2 Å². The van der Waals surface area contributed by atoms with Crippen LogP contribution >= 0.6 is 0 Å². The summed E-state index contributed by atoms with van der Waals surface area (Å²) in [4.78, 5) is 2.44. The van der Waals surface area contributed by atoms with Crippen LogP contribution in [0.5, 0.6) is 5.75 Å². The topological polar surface area (TPSA) is 24.5 Å². The van der Waals surface area contributed by atoms with Crippen molar-refractivity contribution >= 4 is 25.4 Å². The maximum absolute atomic E-state index is 6.36. The van der Waals surface area contributed by atoms with Gasteiger partial charge in [0.1, 0.15) is 5.75 Å². The van der Waals surface area contributed by atoms with E-state index >= 15 is 0 Å². The van der Waals surface area contributed by atoms with Gasteiger partial charge in [0.25, 0.3) is 0 Å². The molecule has 0 spiro atoms. The Morgan fingerprint density at radius 2 is 1.69 bits per heavy atom. The normalized spacial score (nSPS) is 14.3. The molecule has 1 N–H and O–H groups in total. The zero-order valence-corrected chi connectivity index (χ0v) is 18.0. The summed E-state index contributed by atoms with van der Waals surface area (Å²) in [6.45, 7) is 15.8. The first-order valence-electron chi connectivity index (χ1n) is 9.63. The van der Waals surface area contributed by atoms with E-state index < -0.39 is 8.32 Å². The van der Waals surface area contributed by atoms with E-state index in [0.717, 1.165) is 36.6 Å². The minimum Gasteiger partial charge on any atom is -0.544 e. The van der Waals surface area contributed by atoms with E-state index in [1.165, 1.54) is 11.3 Å². The maximum atomic E-state index is 6.36. The third-order valence-electron chi connectivity index (χ3n) is 5.78. The number of rotatable bonds is 5. The molecule has 4 heteroatoms. The highest BCUT2D eigenvalue weighted by Gasteiger charge is 2.38. The van der Waals surface area contributed by atoms with Gasteiger partial charge in [-0.15, -0.1) is 0 Å². The molecule has 1 heterocycles. The first-order chi connectivity index (χ1) is 12.2. The van der Waals surface area contributed by atoms with E-state index in [-0.39, 0.29) is 5.04 Å². The lowest BCUT2D eigenvalue weighted by Gasteiger charge is -2.36. The number of hydrogen-bond acceptors (Lipinski definition) is 3. The van der Waals surface area contributed by atoms with Crippen molar-refractivity contribution in [2.75, 3.05) is 23.3 Å². The summed E-state index contributed by atoms with van der Waals surface area (Å²) >= 11 is 0. The largest absolute Gasteiger partial charge is 0.544 e. The molecule has 140 valence electrons. The van der Waals surface area contributed by atoms with Gasteiger partial charge in [-0.05, 0) is 79.5 Å². The zero-order valence-electron chi connectivity index (χ0n) is 17.0. The molecule has 26 heavy (non-hydrogen) atoms. The number of hydrogen-bond donors (Lipinski definition) is 1. The molecule has 2 aromatic rings. The summed E-state index contributed by atoms with van der Waals surface area (Å²) in [7, 11) is -1.78. The fourth-order valence-electron chi connectivity index (χ4n) is 3.10. The fraction of sp³-hybridized carbons (Fsp3) is 0.455. The number of nitrogens with one attached hydrogen (secondary N) is 1. The number of fused-ring (bicyclic) bond motifs is 1. The van der Waals surface area contributed by atoms with Crippen LogP contribution in [-0.4, -0.2) is 21.4 Å². The number of anilines is 3. The van der Waals surface area contributed by atoms with Gasteiger partial charge in [-0.25, -0.2) is 0 Å². The lowest BCUT2D eigenvalue weighted by atomic mass is 10.1. The van der Waals surface area contributed by atoms with Gasteiger partial charge in [0.05, 0.1) is 0 Å². The van der Waals surface area contributed by atoms with Gasteiger partial charge < -0.3 is 14.6 Å². The van der Waals surface area contributed by atoms with Crippen LogP contribution in [0.1, 0.15) is 33.3 Å². The van der Waals surface area contributed by atoms with Crippen molar-refractivity contribution in [3.8, 4) is 5.75 Å². The van der Waals surface area contributed by atoms with E-state index in [4.69, 9.17) is 4.43 Å². The van der Waals surface area contributed by atoms with E-state index in [1.54, 1.807) is 0 Å². The molecule has 0 unspecified atom stereocenters. The Labute approximate surface area is 159 Å². The van der Waals surface area contributed by atoms with Gasteiger partial charge >= 0.3 is 0 Å². The predicted octanol–water partition coefficient (Wildman–Crippen LogP) is 6.20. The summed E-state index contributed by atoms with van der Waals surface area (Å²) < 4.78 is 6.36. The van der Waals surface area contributed by atoms with Crippen molar-refractivity contribution in [1.82, 2.24) is 0 Å². The molecule has 1 aliphatic rings. The van der Waals surface area contributed by atoms with Gasteiger partial charge in [0.2, 0.25) is 8.32 Å². The van der Waals surface area contributed by atoms with E-state index in [9.17, 15) is 0 Å². The van der Waals surface area contributed by atoms with Crippen LogP contribution in [0.15, 0.2) is 42.5 Å². The molecular weight excluding hydrogens is 336 g/mol. The number of likely N-dealkylation sites (N-methyl/N-ethyl adjacent to an activating group) is 1. The first kappa shape index (κ1) is 18.8. The highest BCUT2D eigenvalue weighted by Crippen LogP contribution is 2.37.